The van der Waals surface area contributed by atoms with Gasteiger partial charge in [0.15, 0.2) is 5.96 Å². The van der Waals surface area contributed by atoms with E-state index in [4.69, 9.17) is 4.74 Å². The van der Waals surface area contributed by atoms with E-state index in [9.17, 15) is 4.79 Å². The van der Waals surface area contributed by atoms with Crippen LogP contribution in [0.25, 0.3) is 0 Å². The molecule has 1 N–H and O–H groups in total. The van der Waals surface area contributed by atoms with E-state index in [0.29, 0.717) is 18.4 Å². The maximum absolute atomic E-state index is 12.6. The van der Waals surface area contributed by atoms with Gasteiger partial charge in [-0.3, -0.25) is 9.79 Å². The lowest BCUT2D eigenvalue weighted by molar-refractivity contribution is -0.131. The predicted molar refractivity (Wildman–Crippen MR) is 128 cm³/mol. The molecule has 2 fully saturated rings. The average Bonchev–Trinajstić information content (AvgIpc) is 3.22. The monoisotopic (exact) mass is 514 g/mol. The van der Waals surface area contributed by atoms with Gasteiger partial charge in [-0.1, -0.05) is 30.3 Å². The maximum atomic E-state index is 12.6. The number of rotatable bonds is 6. The number of piperidine rings is 1. The Bertz CT molecular complexity index is 641. The number of nitrogens with zero attached hydrogens (tertiary/aromatic N) is 3. The van der Waals surface area contributed by atoms with Gasteiger partial charge in [-0.15, -0.1) is 24.0 Å². The van der Waals surface area contributed by atoms with E-state index < -0.39 is 0 Å². The van der Waals surface area contributed by atoms with Gasteiger partial charge in [-0.2, -0.15) is 0 Å². The molecule has 2 heterocycles. The molecule has 2 aliphatic rings. The van der Waals surface area contributed by atoms with Crippen molar-refractivity contribution in [2.24, 2.45) is 16.8 Å². The van der Waals surface area contributed by atoms with Gasteiger partial charge < -0.3 is 19.9 Å². The Hall–Kier alpha value is -1.35. The summed E-state index contributed by atoms with van der Waals surface area (Å²) in [5, 5.41) is 3.24. The van der Waals surface area contributed by atoms with Gasteiger partial charge in [-0.05, 0) is 37.2 Å². The number of guanidine groups is 1. The van der Waals surface area contributed by atoms with Crippen LogP contribution >= 0.6 is 24.0 Å². The molecule has 1 amide bonds. The number of likely N-dealkylation sites (tertiary alicyclic amines) is 1. The fourth-order valence-corrected chi connectivity index (χ4v) is 4.19. The Kier molecular flexibility index (Phi) is 10.2. The number of ether oxygens (including phenoxy) is 1. The molecule has 7 heteroatoms. The largest absolute Gasteiger partial charge is 0.381 e. The molecule has 3 rings (SSSR count). The minimum Gasteiger partial charge on any atom is -0.381 e. The van der Waals surface area contributed by atoms with Crippen LogP contribution in [0.15, 0.2) is 35.3 Å². The van der Waals surface area contributed by atoms with Crippen molar-refractivity contribution in [3.63, 3.8) is 0 Å². The third-order valence-electron chi connectivity index (χ3n) is 5.86. The normalized spacial score (nSPS) is 20.3. The Morgan fingerprint density at radius 1 is 1.21 bits per heavy atom. The third-order valence-corrected chi connectivity index (χ3v) is 5.86. The predicted octanol–water partition coefficient (Wildman–Crippen LogP) is 2.63. The molecule has 1 unspecified atom stereocenters. The lowest BCUT2D eigenvalue weighted by Gasteiger charge is -2.32. The summed E-state index contributed by atoms with van der Waals surface area (Å²) in [7, 11) is 3.79. The molecule has 0 aliphatic carbocycles. The highest BCUT2D eigenvalue weighted by atomic mass is 127. The molecular weight excluding hydrogens is 479 g/mol. The summed E-state index contributed by atoms with van der Waals surface area (Å²) < 4.78 is 5.45. The van der Waals surface area contributed by atoms with Crippen molar-refractivity contribution >= 4 is 35.8 Å². The second-order valence-electron chi connectivity index (χ2n) is 8.02. The summed E-state index contributed by atoms with van der Waals surface area (Å²) >= 11 is 0. The standard InChI is InChI=1S/C22H34N4O2.HI/c1-23-22(25(2)16-20-10-13-28-17-20)24-15-21(27)26-11-8-19(9-12-26)14-18-6-4-3-5-7-18;/h3-7,19-20H,8-17H2,1-2H3,(H,23,24);1H. The van der Waals surface area contributed by atoms with Crippen LogP contribution in [0, 0.1) is 11.8 Å². The van der Waals surface area contributed by atoms with E-state index in [2.05, 4.69) is 45.5 Å². The van der Waals surface area contributed by atoms with E-state index >= 15 is 0 Å². The molecule has 0 aromatic heterocycles. The molecule has 162 valence electrons. The van der Waals surface area contributed by atoms with Crippen LogP contribution in [-0.2, 0) is 16.0 Å². The van der Waals surface area contributed by atoms with Gasteiger partial charge in [0.25, 0.3) is 0 Å². The highest BCUT2D eigenvalue weighted by Gasteiger charge is 2.24. The van der Waals surface area contributed by atoms with Crippen molar-refractivity contribution < 1.29 is 9.53 Å². The molecule has 6 nitrogen and oxygen atoms in total. The number of nitrogens with one attached hydrogen (secondary N) is 1. The summed E-state index contributed by atoms with van der Waals surface area (Å²) in [6, 6.07) is 10.7. The number of hydrogen-bond donors (Lipinski definition) is 1. The molecule has 2 aliphatic heterocycles. The van der Waals surface area contributed by atoms with E-state index in [1.54, 1.807) is 7.05 Å². The first-order valence-corrected chi connectivity index (χ1v) is 10.5. The number of benzene rings is 1. The zero-order valence-corrected chi connectivity index (χ0v) is 20.0. The van der Waals surface area contributed by atoms with E-state index in [1.807, 2.05) is 11.9 Å². The van der Waals surface area contributed by atoms with Crippen LogP contribution in [0.2, 0.25) is 0 Å². The Morgan fingerprint density at radius 3 is 2.55 bits per heavy atom. The molecule has 0 bridgehead atoms. The molecule has 0 spiro atoms. The highest BCUT2D eigenvalue weighted by molar-refractivity contribution is 14.0. The molecule has 1 aromatic rings. The van der Waals surface area contributed by atoms with Crippen LogP contribution in [-0.4, -0.2) is 75.2 Å². The molecule has 1 atom stereocenters. The SMILES string of the molecule is CN=C(NCC(=O)N1CCC(Cc2ccccc2)CC1)N(C)CC1CCOC1.I. The zero-order valence-electron chi connectivity index (χ0n) is 17.7. The van der Waals surface area contributed by atoms with Crippen molar-refractivity contribution in [2.75, 3.05) is 53.5 Å². The van der Waals surface area contributed by atoms with Crippen molar-refractivity contribution in [2.45, 2.75) is 25.7 Å². The second kappa shape index (κ2) is 12.4. The molecule has 2 saturated heterocycles. The lowest BCUT2D eigenvalue weighted by Crippen LogP contribution is -2.48. The Morgan fingerprint density at radius 2 is 1.93 bits per heavy atom. The fraction of sp³-hybridized carbons (Fsp3) is 0.636. The Labute approximate surface area is 192 Å². The number of hydrogen-bond acceptors (Lipinski definition) is 3. The summed E-state index contributed by atoms with van der Waals surface area (Å²) in [6.07, 6.45) is 4.37. The quantitative estimate of drug-likeness (QED) is 0.361. The average molecular weight is 514 g/mol. The summed E-state index contributed by atoms with van der Waals surface area (Å²) in [5.74, 6) is 2.16. The first-order chi connectivity index (χ1) is 13.7. The van der Waals surface area contributed by atoms with Crippen LogP contribution in [0.4, 0.5) is 0 Å². The minimum absolute atomic E-state index is 0. The topological polar surface area (TPSA) is 57.2 Å². The maximum Gasteiger partial charge on any atom is 0.241 e. The lowest BCUT2D eigenvalue weighted by atomic mass is 9.90. The number of carbonyl (C=O) groups is 1. The smallest absolute Gasteiger partial charge is 0.241 e. The van der Waals surface area contributed by atoms with Crippen LogP contribution in [0.3, 0.4) is 0 Å². The number of aliphatic imine (C=N–C) groups is 1. The number of carbonyl (C=O) groups excluding carboxylic acids is 1. The third kappa shape index (κ3) is 7.44. The zero-order chi connectivity index (χ0) is 19.8. The van der Waals surface area contributed by atoms with Gasteiger partial charge in [0.2, 0.25) is 5.91 Å². The van der Waals surface area contributed by atoms with Crippen LogP contribution in [0.1, 0.15) is 24.8 Å². The van der Waals surface area contributed by atoms with Gasteiger partial charge in [0, 0.05) is 46.3 Å². The van der Waals surface area contributed by atoms with Gasteiger partial charge in [0.1, 0.15) is 0 Å². The first-order valence-electron chi connectivity index (χ1n) is 10.5. The van der Waals surface area contributed by atoms with Gasteiger partial charge in [0.05, 0.1) is 13.2 Å². The second-order valence-corrected chi connectivity index (χ2v) is 8.02. The number of halogens is 1. The molecular formula is C22H35IN4O2. The van der Waals surface area contributed by atoms with Gasteiger partial charge >= 0.3 is 0 Å². The summed E-state index contributed by atoms with van der Waals surface area (Å²) in [6.45, 7) is 4.58. The van der Waals surface area contributed by atoms with Crippen molar-refractivity contribution in [1.82, 2.24) is 15.1 Å². The Balaban J connectivity index is 0.00000300. The number of amides is 1. The summed E-state index contributed by atoms with van der Waals surface area (Å²) in [5.41, 5.74) is 1.40. The minimum atomic E-state index is 0. The van der Waals surface area contributed by atoms with E-state index in [-0.39, 0.29) is 29.9 Å². The van der Waals surface area contributed by atoms with Crippen molar-refractivity contribution in [1.29, 1.82) is 0 Å². The highest BCUT2D eigenvalue weighted by Crippen LogP contribution is 2.21. The molecule has 1 aromatic carbocycles. The molecule has 29 heavy (non-hydrogen) atoms. The van der Waals surface area contributed by atoms with Crippen LogP contribution in [0.5, 0.6) is 0 Å². The van der Waals surface area contributed by atoms with E-state index in [1.165, 1.54) is 5.56 Å². The molecule has 0 radical (unpaired) electrons. The van der Waals surface area contributed by atoms with Gasteiger partial charge in [-0.25, -0.2) is 0 Å². The molecule has 0 saturated carbocycles. The van der Waals surface area contributed by atoms with Crippen molar-refractivity contribution in [3.8, 4) is 0 Å². The van der Waals surface area contributed by atoms with E-state index in [0.717, 1.165) is 64.5 Å². The fourth-order valence-electron chi connectivity index (χ4n) is 4.19. The first kappa shape index (κ1) is 23.9. The van der Waals surface area contributed by atoms with Crippen LogP contribution < -0.4 is 5.32 Å². The van der Waals surface area contributed by atoms with Crippen molar-refractivity contribution in [3.05, 3.63) is 35.9 Å². The summed E-state index contributed by atoms with van der Waals surface area (Å²) in [4.78, 5) is 21.0.